The summed E-state index contributed by atoms with van der Waals surface area (Å²) in [6.45, 7) is 0.668. The SMILES string of the molecule is Cn1c(=O)c(C(=O)CN2CCCc3cc(F)ccc32)c(N)n(Cc2ccccc2)c1=O. The van der Waals surface area contributed by atoms with Crippen LogP contribution in [0.5, 0.6) is 0 Å². The van der Waals surface area contributed by atoms with Crippen LogP contribution in [0.1, 0.15) is 27.9 Å². The predicted molar refractivity (Wildman–Crippen MR) is 117 cm³/mol. The van der Waals surface area contributed by atoms with Crippen molar-refractivity contribution in [2.24, 2.45) is 7.05 Å². The Morgan fingerprint density at radius 1 is 1.13 bits per heavy atom. The van der Waals surface area contributed by atoms with E-state index in [4.69, 9.17) is 5.73 Å². The summed E-state index contributed by atoms with van der Waals surface area (Å²) in [5, 5.41) is 0. The Bertz CT molecular complexity index is 1260. The number of nitrogens with zero attached hydrogens (tertiary/aromatic N) is 3. The summed E-state index contributed by atoms with van der Waals surface area (Å²) in [5.41, 5.74) is 7.10. The van der Waals surface area contributed by atoms with Gasteiger partial charge < -0.3 is 10.6 Å². The highest BCUT2D eigenvalue weighted by atomic mass is 19.1. The van der Waals surface area contributed by atoms with Crippen LogP contribution in [0, 0.1) is 5.82 Å². The minimum atomic E-state index is -0.715. The number of nitrogen functional groups attached to an aromatic ring is 1. The lowest BCUT2D eigenvalue weighted by Crippen LogP contribution is -2.44. The van der Waals surface area contributed by atoms with E-state index in [1.54, 1.807) is 6.07 Å². The summed E-state index contributed by atoms with van der Waals surface area (Å²) >= 11 is 0. The summed E-state index contributed by atoms with van der Waals surface area (Å²) < 4.78 is 15.7. The summed E-state index contributed by atoms with van der Waals surface area (Å²) in [7, 11) is 1.33. The third-order valence-electron chi connectivity index (χ3n) is 5.64. The minimum Gasteiger partial charge on any atom is -0.384 e. The molecule has 0 amide bonds. The molecule has 0 fully saturated rings. The number of aryl methyl sites for hydroxylation is 1. The Balaban J connectivity index is 1.71. The van der Waals surface area contributed by atoms with Gasteiger partial charge in [-0.25, -0.2) is 9.18 Å². The normalized spacial score (nSPS) is 13.2. The molecule has 0 aliphatic carbocycles. The number of fused-ring (bicyclic) bond motifs is 1. The number of nitrogens with two attached hydrogens (primary N) is 1. The van der Waals surface area contributed by atoms with Crippen molar-refractivity contribution < 1.29 is 9.18 Å². The average Bonchev–Trinajstić information content (AvgIpc) is 2.76. The Hall–Kier alpha value is -3.68. The lowest BCUT2D eigenvalue weighted by Gasteiger charge is -2.30. The summed E-state index contributed by atoms with van der Waals surface area (Å²) in [5.74, 6) is -0.937. The number of carbonyl (C=O) groups excluding carboxylic acids is 1. The van der Waals surface area contributed by atoms with Gasteiger partial charge >= 0.3 is 5.69 Å². The second-order valence-corrected chi connectivity index (χ2v) is 7.70. The largest absolute Gasteiger partial charge is 0.384 e. The van der Waals surface area contributed by atoms with E-state index in [-0.39, 0.29) is 30.3 Å². The predicted octanol–water partition coefficient (Wildman–Crippen LogP) is 1.95. The Kier molecular flexibility index (Phi) is 5.46. The van der Waals surface area contributed by atoms with Gasteiger partial charge in [-0.1, -0.05) is 30.3 Å². The van der Waals surface area contributed by atoms with Crippen molar-refractivity contribution in [2.75, 3.05) is 23.7 Å². The molecule has 31 heavy (non-hydrogen) atoms. The molecule has 0 atom stereocenters. The minimum absolute atomic E-state index is 0.0817. The van der Waals surface area contributed by atoms with Crippen LogP contribution < -0.4 is 21.9 Å². The van der Waals surface area contributed by atoms with Crippen molar-refractivity contribution in [3.8, 4) is 0 Å². The van der Waals surface area contributed by atoms with Crippen molar-refractivity contribution in [3.05, 3.63) is 91.9 Å². The first-order valence-corrected chi connectivity index (χ1v) is 10.1. The topological polar surface area (TPSA) is 90.3 Å². The van der Waals surface area contributed by atoms with Crippen molar-refractivity contribution in [2.45, 2.75) is 19.4 Å². The molecule has 7 nitrogen and oxygen atoms in total. The smallest absolute Gasteiger partial charge is 0.332 e. The fourth-order valence-corrected chi connectivity index (χ4v) is 4.02. The third-order valence-corrected chi connectivity index (χ3v) is 5.64. The number of ketones is 1. The van der Waals surface area contributed by atoms with Gasteiger partial charge in [0, 0.05) is 19.3 Å². The van der Waals surface area contributed by atoms with E-state index in [0.717, 1.165) is 34.2 Å². The van der Waals surface area contributed by atoms with Gasteiger partial charge in [-0.05, 0) is 42.2 Å². The average molecular weight is 422 g/mol. The molecular formula is C23H23FN4O3. The molecule has 1 aromatic heterocycles. The molecule has 0 saturated carbocycles. The van der Waals surface area contributed by atoms with Crippen LogP contribution >= 0.6 is 0 Å². The lowest BCUT2D eigenvalue weighted by molar-refractivity contribution is 0.0996. The van der Waals surface area contributed by atoms with Gasteiger partial charge in [-0.3, -0.25) is 18.7 Å². The summed E-state index contributed by atoms with van der Waals surface area (Å²) in [6.07, 6.45) is 1.49. The van der Waals surface area contributed by atoms with E-state index in [0.29, 0.717) is 6.54 Å². The maximum atomic E-state index is 13.6. The zero-order valence-corrected chi connectivity index (χ0v) is 17.2. The van der Waals surface area contributed by atoms with E-state index in [2.05, 4.69) is 0 Å². The van der Waals surface area contributed by atoms with Gasteiger partial charge in [0.2, 0.25) is 0 Å². The fourth-order valence-electron chi connectivity index (χ4n) is 4.02. The molecule has 0 spiro atoms. The third kappa shape index (κ3) is 3.88. The number of halogens is 1. The first-order chi connectivity index (χ1) is 14.9. The highest BCUT2D eigenvalue weighted by Gasteiger charge is 2.25. The van der Waals surface area contributed by atoms with Gasteiger partial charge in [0.15, 0.2) is 5.78 Å². The number of benzene rings is 2. The molecule has 4 rings (SSSR count). The molecule has 1 aliphatic rings. The van der Waals surface area contributed by atoms with Crippen LogP contribution in [0.15, 0.2) is 58.1 Å². The molecule has 2 N–H and O–H groups in total. The van der Waals surface area contributed by atoms with Crippen molar-refractivity contribution >= 4 is 17.3 Å². The second kappa shape index (κ2) is 8.22. The van der Waals surface area contributed by atoms with Crippen molar-refractivity contribution in [1.29, 1.82) is 0 Å². The highest BCUT2D eigenvalue weighted by molar-refractivity contribution is 6.02. The number of hydrogen-bond donors (Lipinski definition) is 1. The van der Waals surface area contributed by atoms with Crippen LogP contribution in [-0.2, 0) is 20.0 Å². The first kappa shape index (κ1) is 20.6. The molecule has 0 bridgehead atoms. The quantitative estimate of drug-likeness (QED) is 0.635. The van der Waals surface area contributed by atoms with Gasteiger partial charge in [0.25, 0.3) is 5.56 Å². The van der Waals surface area contributed by atoms with Gasteiger partial charge in [-0.15, -0.1) is 0 Å². The fraction of sp³-hybridized carbons (Fsp3) is 0.261. The molecule has 8 heteroatoms. The second-order valence-electron chi connectivity index (χ2n) is 7.70. The van der Waals surface area contributed by atoms with Crippen LogP contribution in [0.4, 0.5) is 15.9 Å². The van der Waals surface area contributed by atoms with Crippen molar-refractivity contribution in [3.63, 3.8) is 0 Å². The Morgan fingerprint density at radius 2 is 1.87 bits per heavy atom. The summed E-state index contributed by atoms with van der Waals surface area (Å²) in [4.78, 5) is 40.4. The molecule has 0 saturated heterocycles. The summed E-state index contributed by atoms with van der Waals surface area (Å²) in [6, 6.07) is 13.7. The maximum absolute atomic E-state index is 13.6. The number of aromatic nitrogens is 2. The standard InChI is InChI=1S/C23H23FN4O3/c1-26-22(30)20(21(25)28(23(26)31)13-15-6-3-2-4-7-15)19(29)14-27-11-5-8-16-12-17(24)9-10-18(16)27/h2-4,6-7,9-10,12H,5,8,11,13-14,25H2,1H3. The zero-order valence-electron chi connectivity index (χ0n) is 17.2. The van der Waals surface area contributed by atoms with Crippen LogP contribution in [0.2, 0.25) is 0 Å². The van der Waals surface area contributed by atoms with E-state index < -0.39 is 17.0 Å². The highest BCUT2D eigenvalue weighted by Crippen LogP contribution is 2.28. The molecule has 160 valence electrons. The molecule has 0 unspecified atom stereocenters. The van der Waals surface area contributed by atoms with Gasteiger partial charge in [-0.2, -0.15) is 0 Å². The monoisotopic (exact) mass is 422 g/mol. The number of hydrogen-bond acceptors (Lipinski definition) is 5. The van der Waals surface area contributed by atoms with Gasteiger partial charge in [0.1, 0.15) is 17.2 Å². The van der Waals surface area contributed by atoms with E-state index in [9.17, 15) is 18.8 Å². The molecule has 3 aromatic rings. The lowest BCUT2D eigenvalue weighted by atomic mass is 10.0. The number of Topliss-reactive ketones (excluding diaryl/α,β-unsaturated/α-hetero) is 1. The first-order valence-electron chi connectivity index (χ1n) is 10.1. The molecular weight excluding hydrogens is 399 g/mol. The van der Waals surface area contributed by atoms with Gasteiger partial charge in [0.05, 0.1) is 13.1 Å². The zero-order chi connectivity index (χ0) is 22.1. The van der Waals surface area contributed by atoms with E-state index >= 15 is 0 Å². The molecule has 1 aliphatic heterocycles. The molecule has 2 aromatic carbocycles. The number of rotatable bonds is 5. The van der Waals surface area contributed by atoms with Crippen LogP contribution in [0.3, 0.4) is 0 Å². The van der Waals surface area contributed by atoms with Crippen LogP contribution in [-0.4, -0.2) is 28.0 Å². The Labute approximate surface area is 178 Å². The maximum Gasteiger partial charge on any atom is 0.332 e. The molecule has 2 heterocycles. The molecule has 0 radical (unpaired) electrons. The van der Waals surface area contributed by atoms with Crippen LogP contribution in [0.25, 0.3) is 0 Å². The van der Waals surface area contributed by atoms with Crippen molar-refractivity contribution in [1.82, 2.24) is 9.13 Å². The van der Waals surface area contributed by atoms with E-state index in [1.807, 2.05) is 35.2 Å². The Morgan fingerprint density at radius 3 is 2.61 bits per heavy atom. The number of anilines is 2. The van der Waals surface area contributed by atoms with E-state index in [1.165, 1.54) is 23.7 Å². The number of carbonyl (C=O) groups is 1.